The van der Waals surface area contributed by atoms with E-state index in [1.807, 2.05) is 0 Å². The summed E-state index contributed by atoms with van der Waals surface area (Å²) in [5.41, 5.74) is 6.21. The van der Waals surface area contributed by atoms with Crippen molar-refractivity contribution < 1.29 is 19.2 Å². The van der Waals surface area contributed by atoms with E-state index in [0.29, 0.717) is 24.7 Å². The van der Waals surface area contributed by atoms with Crippen LogP contribution in [0.5, 0.6) is 0 Å². The summed E-state index contributed by atoms with van der Waals surface area (Å²) in [5, 5.41) is 51.0. The van der Waals surface area contributed by atoms with Gasteiger partial charge in [0.1, 0.15) is 0 Å². The molecule has 2 N–H and O–H groups in total. The van der Waals surface area contributed by atoms with E-state index in [2.05, 4.69) is 10.2 Å². The van der Waals surface area contributed by atoms with Crippen LogP contribution in [0.3, 0.4) is 0 Å². The fraction of sp³-hybridized carbons (Fsp3) is 0. The topological polar surface area (TPSA) is 160 Å². The molecule has 0 unspecified atom stereocenters. The average Bonchev–Trinajstić information content (AvgIpc) is 2.64. The van der Waals surface area contributed by atoms with Gasteiger partial charge in [0.05, 0.1) is 4.85 Å². The highest BCUT2D eigenvalue weighted by Crippen LogP contribution is 2.03. The van der Waals surface area contributed by atoms with Gasteiger partial charge in [0.2, 0.25) is 15.7 Å². The third-order valence-corrected chi connectivity index (χ3v) is 3.29. The monoisotopic (exact) mass is 341 g/mol. The molecule has 4 aromatic rings. The number of rotatable bonds is 0. The van der Waals surface area contributed by atoms with Gasteiger partial charge in [-0.25, -0.2) is 9.46 Å². The van der Waals surface area contributed by atoms with Gasteiger partial charge in [-0.3, -0.25) is 5.73 Å². The highest BCUT2D eigenvalue weighted by atomic mass is 16.5. The first kappa shape index (κ1) is 15.9. The van der Waals surface area contributed by atoms with Gasteiger partial charge in [0.15, 0.2) is 5.52 Å². The zero-order valence-electron chi connectivity index (χ0n) is 12.6. The number of anilines is 1. The molecule has 0 spiro atoms. The van der Waals surface area contributed by atoms with Crippen molar-refractivity contribution in [2.75, 3.05) is 5.73 Å². The van der Waals surface area contributed by atoms with E-state index < -0.39 is 0 Å². The molecule has 0 saturated carbocycles. The largest absolute Gasteiger partial charge is 0.739 e. The van der Waals surface area contributed by atoms with E-state index in [1.165, 1.54) is 12.1 Å². The number of nitrogens with two attached hydrogens (primary N) is 1. The minimum absolute atomic E-state index is 0.201. The van der Waals surface area contributed by atoms with Gasteiger partial charge in [0.25, 0.3) is 5.52 Å². The fourth-order valence-corrected chi connectivity index (χ4v) is 2.14. The molecule has 0 aliphatic rings. The summed E-state index contributed by atoms with van der Waals surface area (Å²) in [4.78, 5) is 0.753. The highest BCUT2D eigenvalue weighted by molar-refractivity contribution is 5.67. The number of hydrogen-bond acceptors (Lipinski definition) is 7. The zero-order chi connectivity index (χ0) is 18.0. The van der Waals surface area contributed by atoms with Crippen LogP contribution in [0.1, 0.15) is 0 Å². The number of hydrogen-bond donors (Lipinski definition) is 1. The molecule has 4 rings (SSSR count). The van der Waals surface area contributed by atoms with E-state index in [0.717, 1.165) is 6.33 Å². The smallest absolute Gasteiger partial charge is 0.458 e. The van der Waals surface area contributed by atoms with Crippen LogP contribution in [-0.4, -0.2) is 10.2 Å². The van der Waals surface area contributed by atoms with E-state index in [-0.39, 0.29) is 22.5 Å². The van der Waals surface area contributed by atoms with Crippen LogP contribution in [-0.2, 0) is 0 Å². The van der Waals surface area contributed by atoms with Crippen molar-refractivity contribution in [3.05, 3.63) is 75.7 Å². The second-order valence-corrected chi connectivity index (χ2v) is 4.83. The Balaban J connectivity index is 0.000000146. The summed E-state index contributed by atoms with van der Waals surface area (Å²) < 4.78 is 0.980. The maximum Gasteiger partial charge on any atom is 0.458 e. The molecule has 2 aromatic carbocycles. The molecule has 2 aromatic heterocycles. The summed E-state index contributed by atoms with van der Waals surface area (Å²) in [6.45, 7) is 0. The third-order valence-electron chi connectivity index (χ3n) is 3.29. The van der Waals surface area contributed by atoms with Crippen LogP contribution in [0, 0.1) is 20.8 Å². The molecule has 0 saturated heterocycles. The van der Waals surface area contributed by atoms with E-state index in [9.17, 15) is 20.8 Å². The molecule has 0 bridgehead atoms. The predicted molar refractivity (Wildman–Crippen MR) is 83.7 cm³/mol. The van der Waals surface area contributed by atoms with Crippen LogP contribution < -0.4 is 24.9 Å². The van der Waals surface area contributed by atoms with Crippen LogP contribution in [0.15, 0.2) is 54.9 Å². The minimum Gasteiger partial charge on any atom is -0.739 e. The van der Waals surface area contributed by atoms with Gasteiger partial charge < -0.3 is 20.8 Å². The summed E-state index contributed by atoms with van der Waals surface area (Å²) in [7, 11) is 0. The third kappa shape index (κ3) is 2.93. The minimum atomic E-state index is -0.353. The standard InChI is InChI=1S/C7H6N4O2.C7H5N3O2/c8-7-9-11(13)6-4-2-1-3-5(6)10(7)12;11-9-5-8-10(12)7-4-2-1-3-6(7)9/h1-4H,(H2,8,9);1-5H. The van der Waals surface area contributed by atoms with Gasteiger partial charge in [-0.05, 0) is 12.1 Å². The molecule has 25 heavy (non-hydrogen) atoms. The Morgan fingerprint density at radius 1 is 0.720 bits per heavy atom. The number of benzene rings is 2. The molecule has 11 heteroatoms. The van der Waals surface area contributed by atoms with Crippen molar-refractivity contribution >= 4 is 28.0 Å². The molecule has 0 radical (unpaired) electrons. The van der Waals surface area contributed by atoms with Crippen molar-refractivity contribution in [2.24, 2.45) is 0 Å². The molecule has 0 fully saturated rings. The number of aromatic nitrogens is 6. The second kappa shape index (κ2) is 6.23. The maximum atomic E-state index is 11.3. The number of nitrogen functional groups attached to an aromatic ring is 1. The molecular weight excluding hydrogens is 330 g/mol. The van der Waals surface area contributed by atoms with Gasteiger partial charge in [-0.2, -0.15) is 0 Å². The van der Waals surface area contributed by atoms with Crippen molar-refractivity contribution in [1.29, 1.82) is 0 Å². The first-order chi connectivity index (χ1) is 12.0. The highest BCUT2D eigenvalue weighted by Gasteiger charge is 2.15. The Morgan fingerprint density at radius 2 is 1.24 bits per heavy atom. The van der Waals surface area contributed by atoms with Gasteiger partial charge in [-0.1, -0.05) is 24.3 Å². The van der Waals surface area contributed by atoms with Crippen molar-refractivity contribution in [1.82, 2.24) is 10.2 Å². The predicted octanol–water partition coefficient (Wildman–Crippen LogP) is -1.41. The molecule has 126 valence electrons. The fourth-order valence-electron chi connectivity index (χ4n) is 2.14. The Hall–Kier alpha value is -4.02. The first-order valence-electron chi connectivity index (χ1n) is 6.93. The van der Waals surface area contributed by atoms with Crippen molar-refractivity contribution in [3.8, 4) is 0 Å². The lowest BCUT2D eigenvalue weighted by molar-refractivity contribution is -0.680. The first-order valence-corrected chi connectivity index (χ1v) is 6.93. The molecule has 0 amide bonds. The summed E-state index contributed by atoms with van der Waals surface area (Å²) in [6.07, 6.45) is 0.940. The van der Waals surface area contributed by atoms with Crippen LogP contribution in [0.4, 0.5) is 5.95 Å². The second-order valence-electron chi connectivity index (χ2n) is 4.83. The normalized spacial score (nSPS) is 10.4. The average molecular weight is 341 g/mol. The van der Waals surface area contributed by atoms with E-state index in [4.69, 9.17) is 5.73 Å². The molecule has 0 aliphatic carbocycles. The van der Waals surface area contributed by atoms with Gasteiger partial charge in [-0.15, -0.1) is 0 Å². The van der Waals surface area contributed by atoms with Gasteiger partial charge in [0, 0.05) is 17.0 Å². The molecular formula is C14H11N7O4. The lowest BCUT2D eigenvalue weighted by Crippen LogP contribution is -2.44. The molecule has 0 aliphatic heterocycles. The molecule has 2 heterocycles. The molecule has 0 atom stereocenters. The van der Waals surface area contributed by atoms with Crippen molar-refractivity contribution in [2.45, 2.75) is 0 Å². The van der Waals surface area contributed by atoms with Crippen LogP contribution in [0.25, 0.3) is 22.1 Å². The van der Waals surface area contributed by atoms with E-state index in [1.54, 1.807) is 36.4 Å². The van der Waals surface area contributed by atoms with E-state index >= 15 is 0 Å². The Bertz CT molecular complexity index is 1030. The Morgan fingerprint density at radius 3 is 1.84 bits per heavy atom. The number of nitrogens with zero attached hydrogens (tertiary/aromatic N) is 6. The lowest BCUT2D eigenvalue weighted by Gasteiger charge is -2.05. The summed E-state index contributed by atoms with van der Waals surface area (Å²) >= 11 is 0. The maximum absolute atomic E-state index is 11.3. The van der Waals surface area contributed by atoms with Gasteiger partial charge >= 0.3 is 17.8 Å². The van der Waals surface area contributed by atoms with Crippen molar-refractivity contribution in [3.63, 3.8) is 0 Å². The summed E-state index contributed by atoms with van der Waals surface area (Å²) in [6, 6.07) is 12.8. The van der Waals surface area contributed by atoms with Crippen LogP contribution in [0.2, 0.25) is 0 Å². The molecule has 11 nitrogen and oxygen atoms in total. The number of fused-ring (bicyclic) bond motifs is 2. The zero-order valence-corrected chi connectivity index (χ0v) is 12.6. The Labute approximate surface area is 139 Å². The number of para-hydroxylation sites is 4. The summed E-state index contributed by atoms with van der Waals surface area (Å²) in [5.74, 6) is -0.353. The quantitative estimate of drug-likeness (QED) is 0.303. The lowest BCUT2D eigenvalue weighted by atomic mass is 10.3. The van der Waals surface area contributed by atoms with Crippen LogP contribution >= 0.6 is 0 Å². The SMILES string of the molecule is Nc1n[n+]([O-])c2ccccc2[n+]1[O-].[O-][n+]1cn[n+]([O-])c2ccccc21. The Kier molecular flexibility index (Phi) is 3.95.